The molecule has 0 saturated heterocycles. The zero-order valence-corrected chi connectivity index (χ0v) is 11.5. The van der Waals surface area contributed by atoms with Crippen LogP contribution in [0.15, 0.2) is 18.2 Å². The summed E-state index contributed by atoms with van der Waals surface area (Å²) in [6.45, 7) is 6.25. The monoisotopic (exact) mass is 254 g/mol. The van der Waals surface area contributed by atoms with Crippen LogP contribution in [0, 0.1) is 6.92 Å². The highest BCUT2D eigenvalue weighted by Gasteiger charge is 2.11. The van der Waals surface area contributed by atoms with E-state index in [2.05, 4.69) is 5.32 Å². The quantitative estimate of drug-likeness (QED) is 0.896. The van der Waals surface area contributed by atoms with E-state index in [0.717, 1.165) is 11.3 Å². The molecule has 0 saturated carbocycles. The number of hydrogen-bond donors (Lipinski definition) is 1. The van der Waals surface area contributed by atoms with Crippen molar-refractivity contribution in [1.82, 2.24) is 4.90 Å². The van der Waals surface area contributed by atoms with Gasteiger partial charge in [0.25, 0.3) is 0 Å². The Bertz CT molecular complexity index is 404. The molecule has 0 fully saturated rings. The molecule has 1 aromatic carbocycles. The van der Waals surface area contributed by atoms with Crippen LogP contribution < -0.4 is 5.32 Å². The van der Waals surface area contributed by atoms with Crippen molar-refractivity contribution in [2.75, 3.05) is 18.9 Å². The number of nitrogens with zero attached hydrogens (tertiary/aromatic N) is 1. The number of carbonyl (C=O) groups is 1. The lowest BCUT2D eigenvalue weighted by atomic mass is 10.2. The van der Waals surface area contributed by atoms with Crippen LogP contribution in [0.5, 0.6) is 0 Å². The maximum atomic E-state index is 11.8. The SMILES string of the molecule is Cc1cc(Cl)ccc1NCC(=O)N(C)C(C)C. The predicted molar refractivity (Wildman–Crippen MR) is 72.6 cm³/mol. The zero-order valence-electron chi connectivity index (χ0n) is 10.7. The summed E-state index contributed by atoms with van der Waals surface area (Å²) in [5.41, 5.74) is 1.98. The average molecular weight is 255 g/mol. The lowest BCUT2D eigenvalue weighted by Crippen LogP contribution is -2.37. The Balaban J connectivity index is 2.59. The molecule has 1 amide bonds. The summed E-state index contributed by atoms with van der Waals surface area (Å²) in [6, 6.07) is 5.80. The van der Waals surface area contributed by atoms with Crippen LogP contribution in [0.4, 0.5) is 5.69 Å². The van der Waals surface area contributed by atoms with Crippen molar-refractivity contribution in [2.24, 2.45) is 0 Å². The fourth-order valence-electron chi connectivity index (χ4n) is 1.41. The zero-order chi connectivity index (χ0) is 13.0. The molecule has 0 aliphatic carbocycles. The van der Waals surface area contributed by atoms with Gasteiger partial charge < -0.3 is 10.2 Å². The molecule has 0 bridgehead atoms. The lowest BCUT2D eigenvalue weighted by Gasteiger charge is -2.22. The van der Waals surface area contributed by atoms with E-state index in [4.69, 9.17) is 11.6 Å². The first kappa shape index (κ1) is 13.8. The molecular formula is C13H19ClN2O. The van der Waals surface area contributed by atoms with Crippen LogP contribution >= 0.6 is 11.6 Å². The minimum absolute atomic E-state index is 0.0781. The molecule has 94 valence electrons. The summed E-state index contributed by atoms with van der Waals surface area (Å²) < 4.78 is 0. The van der Waals surface area contributed by atoms with Crippen LogP contribution in [0.2, 0.25) is 5.02 Å². The van der Waals surface area contributed by atoms with Gasteiger partial charge in [0.2, 0.25) is 5.91 Å². The van der Waals surface area contributed by atoms with Gasteiger partial charge in [-0.25, -0.2) is 0 Å². The third-order valence-electron chi connectivity index (χ3n) is 2.79. The largest absolute Gasteiger partial charge is 0.376 e. The van der Waals surface area contributed by atoms with E-state index in [9.17, 15) is 4.79 Å². The van der Waals surface area contributed by atoms with Crippen molar-refractivity contribution < 1.29 is 4.79 Å². The number of hydrogen-bond acceptors (Lipinski definition) is 2. The van der Waals surface area contributed by atoms with Crippen molar-refractivity contribution >= 4 is 23.2 Å². The van der Waals surface area contributed by atoms with Gasteiger partial charge in [0.1, 0.15) is 0 Å². The molecule has 1 aromatic rings. The van der Waals surface area contributed by atoms with Crippen molar-refractivity contribution in [3.05, 3.63) is 28.8 Å². The summed E-state index contributed by atoms with van der Waals surface area (Å²) in [5, 5.41) is 3.83. The molecule has 0 spiro atoms. The number of likely N-dealkylation sites (N-methyl/N-ethyl adjacent to an activating group) is 1. The van der Waals surface area contributed by atoms with Gasteiger partial charge in [0, 0.05) is 23.8 Å². The van der Waals surface area contributed by atoms with E-state index >= 15 is 0 Å². The second kappa shape index (κ2) is 5.92. The highest BCUT2D eigenvalue weighted by molar-refractivity contribution is 6.30. The normalized spacial score (nSPS) is 10.5. The smallest absolute Gasteiger partial charge is 0.241 e. The summed E-state index contributed by atoms with van der Waals surface area (Å²) >= 11 is 5.87. The summed E-state index contributed by atoms with van der Waals surface area (Å²) in [4.78, 5) is 13.5. The first-order valence-electron chi connectivity index (χ1n) is 5.67. The van der Waals surface area contributed by atoms with Crippen molar-refractivity contribution in [3.63, 3.8) is 0 Å². The molecule has 17 heavy (non-hydrogen) atoms. The van der Waals surface area contributed by atoms with Gasteiger partial charge in [-0.15, -0.1) is 0 Å². The maximum Gasteiger partial charge on any atom is 0.241 e. The average Bonchev–Trinajstić information content (AvgIpc) is 2.26. The molecule has 0 heterocycles. The molecule has 0 aliphatic rings. The number of benzene rings is 1. The van der Waals surface area contributed by atoms with Crippen molar-refractivity contribution in [3.8, 4) is 0 Å². The Hall–Kier alpha value is -1.22. The van der Waals surface area contributed by atoms with E-state index in [1.807, 2.05) is 46.0 Å². The van der Waals surface area contributed by atoms with Crippen molar-refractivity contribution in [1.29, 1.82) is 0 Å². The van der Waals surface area contributed by atoms with Crippen LogP contribution in [0.25, 0.3) is 0 Å². The molecule has 1 rings (SSSR count). The van der Waals surface area contributed by atoms with Crippen LogP contribution in [0.1, 0.15) is 19.4 Å². The fraction of sp³-hybridized carbons (Fsp3) is 0.462. The number of aryl methyl sites for hydroxylation is 1. The predicted octanol–water partition coefficient (Wildman–Crippen LogP) is 2.93. The second-order valence-electron chi connectivity index (χ2n) is 4.41. The maximum absolute atomic E-state index is 11.8. The molecule has 1 N–H and O–H groups in total. The molecular weight excluding hydrogens is 236 g/mol. The Labute approximate surface area is 108 Å². The Morgan fingerprint density at radius 1 is 1.47 bits per heavy atom. The van der Waals surface area contributed by atoms with Crippen LogP contribution in [-0.2, 0) is 4.79 Å². The molecule has 3 nitrogen and oxygen atoms in total. The van der Waals surface area contributed by atoms with Gasteiger partial charge in [-0.05, 0) is 44.5 Å². The molecule has 0 unspecified atom stereocenters. The van der Waals surface area contributed by atoms with E-state index in [-0.39, 0.29) is 11.9 Å². The number of halogens is 1. The van der Waals surface area contributed by atoms with Gasteiger partial charge in [0.05, 0.1) is 6.54 Å². The summed E-state index contributed by atoms with van der Waals surface area (Å²) in [7, 11) is 1.81. The highest BCUT2D eigenvalue weighted by Crippen LogP contribution is 2.19. The number of rotatable bonds is 4. The van der Waals surface area contributed by atoms with Gasteiger partial charge in [-0.3, -0.25) is 4.79 Å². The molecule has 0 radical (unpaired) electrons. The van der Waals surface area contributed by atoms with Crippen molar-refractivity contribution in [2.45, 2.75) is 26.8 Å². The summed E-state index contributed by atoms with van der Waals surface area (Å²) in [6.07, 6.45) is 0. The van der Waals surface area contributed by atoms with E-state index < -0.39 is 0 Å². The molecule has 0 atom stereocenters. The minimum atomic E-state index is 0.0781. The van der Waals surface area contributed by atoms with Gasteiger partial charge in [0.15, 0.2) is 0 Å². The minimum Gasteiger partial charge on any atom is -0.376 e. The Kier molecular flexibility index (Phi) is 4.82. The van der Waals surface area contributed by atoms with E-state index in [1.54, 1.807) is 4.90 Å². The first-order valence-corrected chi connectivity index (χ1v) is 6.05. The number of amides is 1. The third-order valence-corrected chi connectivity index (χ3v) is 3.02. The standard InChI is InChI=1S/C13H19ClN2O/c1-9(2)16(4)13(17)8-15-12-6-5-11(14)7-10(12)3/h5-7,9,15H,8H2,1-4H3. The van der Waals surface area contributed by atoms with Crippen LogP contribution in [0.3, 0.4) is 0 Å². The van der Waals surface area contributed by atoms with Gasteiger partial charge >= 0.3 is 0 Å². The van der Waals surface area contributed by atoms with Gasteiger partial charge in [-0.1, -0.05) is 11.6 Å². The molecule has 0 aromatic heterocycles. The lowest BCUT2D eigenvalue weighted by molar-refractivity contribution is -0.129. The number of anilines is 1. The van der Waals surface area contributed by atoms with Crippen LogP contribution in [-0.4, -0.2) is 30.4 Å². The second-order valence-corrected chi connectivity index (χ2v) is 4.85. The Morgan fingerprint density at radius 2 is 2.12 bits per heavy atom. The number of carbonyl (C=O) groups excluding carboxylic acids is 1. The highest BCUT2D eigenvalue weighted by atomic mass is 35.5. The summed E-state index contributed by atoms with van der Waals surface area (Å²) in [5.74, 6) is 0.0781. The number of nitrogens with one attached hydrogen (secondary N) is 1. The topological polar surface area (TPSA) is 32.3 Å². The van der Waals surface area contributed by atoms with E-state index in [1.165, 1.54) is 0 Å². The first-order chi connectivity index (χ1) is 7.91. The molecule has 4 heteroatoms. The fourth-order valence-corrected chi connectivity index (χ4v) is 1.64. The van der Waals surface area contributed by atoms with Gasteiger partial charge in [-0.2, -0.15) is 0 Å². The Morgan fingerprint density at radius 3 is 2.65 bits per heavy atom. The van der Waals surface area contributed by atoms with E-state index in [0.29, 0.717) is 11.6 Å². The molecule has 0 aliphatic heterocycles. The third kappa shape index (κ3) is 3.93.